The van der Waals surface area contributed by atoms with Crippen LogP contribution in [0.3, 0.4) is 0 Å². The average Bonchev–Trinajstić information content (AvgIpc) is 3.32. The third-order valence-electron chi connectivity index (χ3n) is 7.29. The lowest BCUT2D eigenvalue weighted by Gasteiger charge is -2.39. The molecule has 2 bridgehead atoms. The smallest absolute Gasteiger partial charge is 0.350 e. The van der Waals surface area contributed by atoms with Gasteiger partial charge in [-0.2, -0.15) is 4.31 Å². The molecular formula is C27H30N2O5S2. The molecule has 0 spiro atoms. The predicted molar refractivity (Wildman–Crippen MR) is 141 cm³/mol. The Kier molecular flexibility index (Phi) is 6.01. The SMILES string of the molecule is COC(=O)c1sc2ccccc2c1NC(=O)c1ccc(S(=O)(=O)N2C[C@@]3(C)C[C@@H]2CC(C)(C)C3)cc1. The Morgan fingerprint density at radius 2 is 1.75 bits per heavy atom. The molecule has 2 fully saturated rings. The van der Waals surface area contributed by atoms with Crippen LogP contribution in [0, 0.1) is 10.8 Å². The number of carbonyl (C=O) groups excluding carboxylic acids is 2. The lowest BCUT2D eigenvalue weighted by Crippen LogP contribution is -2.37. The number of thiophene rings is 1. The first kappa shape index (κ1) is 24.9. The van der Waals surface area contributed by atoms with Crippen molar-refractivity contribution in [3.8, 4) is 0 Å². The molecule has 2 aliphatic rings. The molecule has 1 N–H and O–H groups in total. The van der Waals surface area contributed by atoms with E-state index in [0.717, 1.165) is 29.3 Å². The molecule has 7 nitrogen and oxygen atoms in total. The van der Waals surface area contributed by atoms with Gasteiger partial charge < -0.3 is 10.1 Å². The molecule has 1 aromatic heterocycles. The fourth-order valence-electron chi connectivity index (χ4n) is 6.19. The van der Waals surface area contributed by atoms with Crippen LogP contribution in [0.25, 0.3) is 10.1 Å². The number of amides is 1. The van der Waals surface area contributed by atoms with Crippen molar-refractivity contribution < 1.29 is 22.7 Å². The van der Waals surface area contributed by atoms with E-state index in [1.165, 1.54) is 42.7 Å². The fraction of sp³-hybridized carbons (Fsp3) is 0.407. The van der Waals surface area contributed by atoms with E-state index >= 15 is 0 Å². The van der Waals surface area contributed by atoms with Gasteiger partial charge in [-0.1, -0.05) is 39.0 Å². The molecule has 3 aromatic rings. The highest BCUT2D eigenvalue weighted by Gasteiger charge is 2.53. The maximum atomic E-state index is 13.5. The van der Waals surface area contributed by atoms with Gasteiger partial charge in [-0.15, -0.1) is 11.3 Å². The van der Waals surface area contributed by atoms with Crippen LogP contribution in [0.1, 0.15) is 60.1 Å². The first-order chi connectivity index (χ1) is 16.9. The molecule has 1 aliphatic carbocycles. The number of carbonyl (C=O) groups is 2. The first-order valence-electron chi connectivity index (χ1n) is 12.0. The Hall–Kier alpha value is -2.75. The largest absolute Gasteiger partial charge is 0.465 e. The van der Waals surface area contributed by atoms with Crippen molar-refractivity contribution in [1.82, 2.24) is 4.31 Å². The summed E-state index contributed by atoms with van der Waals surface area (Å²) in [5.41, 5.74) is 0.788. The van der Waals surface area contributed by atoms with Gasteiger partial charge in [-0.05, 0) is 60.4 Å². The van der Waals surface area contributed by atoms with Crippen LogP contribution in [0.4, 0.5) is 5.69 Å². The van der Waals surface area contributed by atoms with Crippen LogP contribution < -0.4 is 5.32 Å². The van der Waals surface area contributed by atoms with Gasteiger partial charge >= 0.3 is 5.97 Å². The molecule has 1 saturated carbocycles. The molecule has 1 amide bonds. The number of nitrogens with zero attached hydrogens (tertiary/aromatic N) is 1. The minimum Gasteiger partial charge on any atom is -0.465 e. The Bertz CT molecular complexity index is 1460. The van der Waals surface area contributed by atoms with E-state index in [2.05, 4.69) is 26.1 Å². The summed E-state index contributed by atoms with van der Waals surface area (Å²) in [6, 6.07) is 13.4. The number of benzene rings is 2. The van der Waals surface area contributed by atoms with Gasteiger partial charge in [0, 0.05) is 28.2 Å². The normalized spacial score (nSPS) is 23.5. The van der Waals surface area contributed by atoms with E-state index < -0.39 is 21.9 Å². The van der Waals surface area contributed by atoms with Crippen LogP contribution in [0.5, 0.6) is 0 Å². The molecule has 0 unspecified atom stereocenters. The molecule has 2 heterocycles. The maximum absolute atomic E-state index is 13.5. The predicted octanol–water partition coefficient (Wildman–Crippen LogP) is 5.53. The maximum Gasteiger partial charge on any atom is 0.350 e. The molecule has 2 atom stereocenters. The van der Waals surface area contributed by atoms with Gasteiger partial charge in [-0.3, -0.25) is 4.79 Å². The number of ether oxygens (including phenoxy) is 1. The van der Waals surface area contributed by atoms with Crippen molar-refractivity contribution in [1.29, 1.82) is 0 Å². The molecule has 2 aromatic carbocycles. The van der Waals surface area contributed by atoms with Gasteiger partial charge in [0.25, 0.3) is 5.91 Å². The van der Waals surface area contributed by atoms with E-state index in [9.17, 15) is 18.0 Å². The van der Waals surface area contributed by atoms with E-state index in [-0.39, 0.29) is 21.8 Å². The molecule has 0 radical (unpaired) electrons. The number of hydrogen-bond donors (Lipinski definition) is 1. The zero-order valence-electron chi connectivity index (χ0n) is 20.8. The summed E-state index contributed by atoms with van der Waals surface area (Å²) in [7, 11) is -2.38. The Labute approximate surface area is 215 Å². The summed E-state index contributed by atoms with van der Waals surface area (Å²) in [6.07, 6.45) is 2.74. The van der Waals surface area contributed by atoms with Crippen molar-refractivity contribution in [3.05, 3.63) is 59.0 Å². The van der Waals surface area contributed by atoms with Crippen molar-refractivity contribution in [2.45, 2.75) is 51.0 Å². The summed E-state index contributed by atoms with van der Waals surface area (Å²) in [5.74, 6) is -0.959. The van der Waals surface area contributed by atoms with Gasteiger partial charge in [0.1, 0.15) is 4.88 Å². The van der Waals surface area contributed by atoms with E-state index in [1.807, 2.05) is 24.3 Å². The molecule has 9 heteroatoms. The number of nitrogens with one attached hydrogen (secondary N) is 1. The van der Waals surface area contributed by atoms with Gasteiger partial charge in [-0.25, -0.2) is 13.2 Å². The number of rotatable bonds is 5. The summed E-state index contributed by atoms with van der Waals surface area (Å²) >= 11 is 1.25. The number of sulfonamides is 1. The third kappa shape index (κ3) is 4.33. The van der Waals surface area contributed by atoms with Crippen LogP contribution in [0.2, 0.25) is 0 Å². The lowest BCUT2D eigenvalue weighted by molar-refractivity contribution is 0.0607. The number of methoxy groups -OCH3 is 1. The topological polar surface area (TPSA) is 92.8 Å². The molecule has 190 valence electrons. The fourth-order valence-corrected chi connectivity index (χ4v) is 9.04. The highest BCUT2D eigenvalue weighted by Crippen LogP contribution is 2.53. The average molecular weight is 527 g/mol. The van der Waals surface area contributed by atoms with Crippen molar-refractivity contribution in [3.63, 3.8) is 0 Å². The summed E-state index contributed by atoms with van der Waals surface area (Å²) < 4.78 is 34.5. The summed E-state index contributed by atoms with van der Waals surface area (Å²) in [4.78, 5) is 25.9. The second kappa shape index (κ2) is 8.68. The van der Waals surface area contributed by atoms with Crippen molar-refractivity contribution in [2.24, 2.45) is 10.8 Å². The Morgan fingerprint density at radius 3 is 2.44 bits per heavy atom. The molecular weight excluding hydrogens is 496 g/mol. The van der Waals surface area contributed by atoms with Crippen LogP contribution in [0.15, 0.2) is 53.4 Å². The summed E-state index contributed by atoms with van der Waals surface area (Å²) in [5, 5.41) is 3.58. The minimum absolute atomic E-state index is 0.00432. The van der Waals surface area contributed by atoms with Gasteiger partial charge in [0.15, 0.2) is 0 Å². The molecule has 5 rings (SSSR count). The number of anilines is 1. The lowest BCUT2D eigenvalue weighted by atomic mass is 9.65. The van der Waals surface area contributed by atoms with Crippen LogP contribution >= 0.6 is 11.3 Å². The quantitative estimate of drug-likeness (QED) is 0.441. The second-order valence-electron chi connectivity index (χ2n) is 11.0. The second-order valence-corrected chi connectivity index (χ2v) is 14.0. The monoisotopic (exact) mass is 526 g/mol. The number of fused-ring (bicyclic) bond motifs is 3. The van der Waals surface area contributed by atoms with E-state index in [1.54, 1.807) is 4.31 Å². The first-order valence-corrected chi connectivity index (χ1v) is 14.2. The number of hydrogen-bond acceptors (Lipinski definition) is 6. The zero-order chi connectivity index (χ0) is 25.9. The van der Waals surface area contributed by atoms with Crippen LogP contribution in [-0.2, 0) is 14.8 Å². The Balaban J connectivity index is 1.39. The standard InChI is InChI=1S/C27H30N2O5S2/c1-26(2)13-18-14-27(3,15-26)16-29(18)36(32,33)19-11-9-17(10-12-19)24(30)28-22-20-7-5-6-8-21(20)35-23(22)25(31)34-4/h5-12,18H,13-16H2,1-4H3,(H,28,30)/t18-,27-/m0/s1. The molecule has 1 aliphatic heterocycles. The van der Waals surface area contributed by atoms with Crippen molar-refractivity contribution in [2.75, 3.05) is 19.0 Å². The zero-order valence-corrected chi connectivity index (χ0v) is 22.5. The third-order valence-corrected chi connectivity index (χ3v) is 10.4. The molecule has 1 saturated heterocycles. The van der Waals surface area contributed by atoms with Gasteiger partial charge in [0.05, 0.1) is 17.7 Å². The minimum atomic E-state index is -3.68. The molecule has 36 heavy (non-hydrogen) atoms. The van der Waals surface area contributed by atoms with Crippen molar-refractivity contribution >= 4 is 49.0 Å². The summed E-state index contributed by atoms with van der Waals surface area (Å²) in [6.45, 7) is 7.13. The van der Waals surface area contributed by atoms with E-state index in [4.69, 9.17) is 4.74 Å². The highest BCUT2D eigenvalue weighted by atomic mass is 32.2. The number of esters is 1. The van der Waals surface area contributed by atoms with E-state index in [0.29, 0.717) is 22.7 Å². The van der Waals surface area contributed by atoms with Gasteiger partial charge in [0.2, 0.25) is 10.0 Å². The highest BCUT2D eigenvalue weighted by molar-refractivity contribution is 7.89. The Morgan fingerprint density at radius 1 is 1.06 bits per heavy atom. The van der Waals surface area contributed by atoms with Crippen LogP contribution in [-0.4, -0.2) is 44.3 Å².